The number of benzene rings is 1. The molecule has 0 atom stereocenters. The summed E-state index contributed by atoms with van der Waals surface area (Å²) in [6.45, 7) is 0. The fraction of sp³-hybridized carbons (Fsp3) is 0.579. The van der Waals surface area contributed by atoms with Crippen molar-refractivity contribution >= 4 is 11.9 Å². The molecule has 0 saturated heterocycles. The lowest BCUT2D eigenvalue weighted by Crippen LogP contribution is -2.55. The van der Waals surface area contributed by atoms with Gasteiger partial charge < -0.3 is 24.6 Å². The number of hydrogen-bond acceptors (Lipinski definition) is 5. The summed E-state index contributed by atoms with van der Waals surface area (Å²) in [6.07, 6.45) is 4.17. The number of ether oxygens (including phenoxy) is 3. The van der Waals surface area contributed by atoms with Crippen molar-refractivity contribution in [3.05, 3.63) is 17.7 Å². The molecular weight excluding hydrogens is 338 g/mol. The standard InChI is InChI=1S/C19H27NO6/c1-24-14-9-7-13(16(25-2)17(14)26-3)8-10-15(21)20-19(18(22)23)11-5-4-6-12-19/h7,9H,4-6,8,10-12H2,1-3H3,(H,20,21)(H,22,23). The zero-order chi connectivity index (χ0) is 19.2. The van der Waals surface area contributed by atoms with E-state index in [-0.39, 0.29) is 12.3 Å². The van der Waals surface area contributed by atoms with Crippen LogP contribution in [-0.2, 0) is 16.0 Å². The van der Waals surface area contributed by atoms with Gasteiger partial charge in [-0.25, -0.2) is 4.79 Å². The number of nitrogens with one attached hydrogen (secondary N) is 1. The number of carboxylic acids is 1. The molecule has 7 heteroatoms. The maximum Gasteiger partial charge on any atom is 0.329 e. The van der Waals surface area contributed by atoms with Crippen molar-refractivity contribution < 1.29 is 28.9 Å². The van der Waals surface area contributed by atoms with Gasteiger partial charge in [0, 0.05) is 6.42 Å². The predicted octanol–water partition coefficient (Wildman–Crippen LogP) is 2.55. The molecule has 144 valence electrons. The highest BCUT2D eigenvalue weighted by molar-refractivity contribution is 5.87. The molecule has 0 aliphatic heterocycles. The van der Waals surface area contributed by atoms with Crippen LogP contribution >= 0.6 is 0 Å². The van der Waals surface area contributed by atoms with E-state index >= 15 is 0 Å². The molecule has 1 aromatic rings. The number of carboxylic acid groups (broad SMARTS) is 1. The van der Waals surface area contributed by atoms with E-state index < -0.39 is 11.5 Å². The Hall–Kier alpha value is -2.44. The molecule has 7 nitrogen and oxygen atoms in total. The average molecular weight is 365 g/mol. The van der Waals surface area contributed by atoms with Crippen LogP contribution in [0, 0.1) is 0 Å². The number of aliphatic carboxylic acids is 1. The van der Waals surface area contributed by atoms with Crippen molar-refractivity contribution in [3.8, 4) is 17.2 Å². The molecule has 0 heterocycles. The number of carbonyl (C=O) groups is 2. The maximum absolute atomic E-state index is 12.4. The minimum Gasteiger partial charge on any atom is -0.493 e. The Morgan fingerprint density at radius 2 is 1.69 bits per heavy atom. The molecule has 0 unspecified atom stereocenters. The van der Waals surface area contributed by atoms with Crippen molar-refractivity contribution in [2.75, 3.05) is 21.3 Å². The molecule has 0 aromatic heterocycles. The lowest BCUT2D eigenvalue weighted by atomic mass is 9.81. The van der Waals surface area contributed by atoms with Crippen LogP contribution < -0.4 is 19.5 Å². The average Bonchev–Trinajstić information content (AvgIpc) is 2.65. The zero-order valence-corrected chi connectivity index (χ0v) is 15.6. The van der Waals surface area contributed by atoms with Gasteiger partial charge in [-0.05, 0) is 30.9 Å². The Morgan fingerprint density at radius 1 is 1.04 bits per heavy atom. The van der Waals surface area contributed by atoms with E-state index in [0.29, 0.717) is 36.5 Å². The molecule has 1 aliphatic carbocycles. The molecule has 1 saturated carbocycles. The van der Waals surface area contributed by atoms with Crippen molar-refractivity contribution in [2.45, 2.75) is 50.5 Å². The van der Waals surface area contributed by atoms with Crippen molar-refractivity contribution in [2.24, 2.45) is 0 Å². The lowest BCUT2D eigenvalue weighted by molar-refractivity contribution is -0.149. The number of amides is 1. The molecule has 1 amide bonds. The second kappa shape index (κ2) is 8.78. The van der Waals surface area contributed by atoms with Gasteiger partial charge in [0.2, 0.25) is 11.7 Å². The van der Waals surface area contributed by atoms with E-state index in [1.807, 2.05) is 6.07 Å². The van der Waals surface area contributed by atoms with Gasteiger partial charge in [0.05, 0.1) is 21.3 Å². The SMILES string of the molecule is COc1ccc(CCC(=O)NC2(C(=O)O)CCCCC2)c(OC)c1OC. The van der Waals surface area contributed by atoms with Crippen LogP contribution in [0.1, 0.15) is 44.1 Å². The first-order valence-corrected chi connectivity index (χ1v) is 8.79. The van der Waals surface area contributed by atoms with Crippen molar-refractivity contribution in [1.82, 2.24) is 5.32 Å². The van der Waals surface area contributed by atoms with Gasteiger partial charge in [0.15, 0.2) is 11.5 Å². The molecule has 1 fully saturated rings. The van der Waals surface area contributed by atoms with E-state index in [1.165, 1.54) is 14.2 Å². The first-order chi connectivity index (χ1) is 12.5. The Morgan fingerprint density at radius 3 is 2.23 bits per heavy atom. The highest BCUT2D eigenvalue weighted by Crippen LogP contribution is 2.40. The third-order valence-corrected chi connectivity index (χ3v) is 4.90. The fourth-order valence-electron chi connectivity index (χ4n) is 3.49. The Kier molecular flexibility index (Phi) is 6.71. The van der Waals surface area contributed by atoms with Crippen LogP contribution in [0.15, 0.2) is 12.1 Å². The van der Waals surface area contributed by atoms with Crippen LogP contribution in [0.5, 0.6) is 17.2 Å². The summed E-state index contributed by atoms with van der Waals surface area (Å²) < 4.78 is 16.0. The minimum absolute atomic E-state index is 0.168. The van der Waals surface area contributed by atoms with E-state index in [9.17, 15) is 14.7 Å². The van der Waals surface area contributed by atoms with Gasteiger partial charge in [-0.3, -0.25) is 4.79 Å². The van der Waals surface area contributed by atoms with E-state index in [4.69, 9.17) is 14.2 Å². The maximum atomic E-state index is 12.4. The Labute approximate surface area is 153 Å². The molecule has 0 radical (unpaired) electrons. The summed E-state index contributed by atoms with van der Waals surface area (Å²) in [4.78, 5) is 24.1. The topological polar surface area (TPSA) is 94.1 Å². The predicted molar refractivity (Wildman–Crippen MR) is 96.0 cm³/mol. The fourth-order valence-corrected chi connectivity index (χ4v) is 3.49. The summed E-state index contributed by atoms with van der Waals surface area (Å²) in [7, 11) is 4.60. The lowest BCUT2D eigenvalue weighted by Gasteiger charge is -2.34. The highest BCUT2D eigenvalue weighted by atomic mass is 16.5. The molecular formula is C19H27NO6. The second-order valence-corrected chi connectivity index (χ2v) is 6.49. The number of methoxy groups -OCH3 is 3. The smallest absolute Gasteiger partial charge is 0.329 e. The molecule has 2 N–H and O–H groups in total. The summed E-state index contributed by atoms with van der Waals surface area (Å²) in [5.41, 5.74) is -0.329. The first-order valence-electron chi connectivity index (χ1n) is 8.79. The van der Waals surface area contributed by atoms with Crippen LogP contribution in [0.3, 0.4) is 0 Å². The van der Waals surface area contributed by atoms with Gasteiger partial charge in [0.25, 0.3) is 0 Å². The molecule has 0 bridgehead atoms. The van der Waals surface area contributed by atoms with Gasteiger partial charge in [0.1, 0.15) is 5.54 Å². The normalized spacial score (nSPS) is 15.8. The third-order valence-electron chi connectivity index (χ3n) is 4.90. The van der Waals surface area contributed by atoms with Gasteiger partial charge in [-0.1, -0.05) is 25.3 Å². The van der Waals surface area contributed by atoms with Gasteiger partial charge in [-0.15, -0.1) is 0 Å². The van der Waals surface area contributed by atoms with Gasteiger partial charge in [-0.2, -0.15) is 0 Å². The molecule has 1 aliphatic rings. The largest absolute Gasteiger partial charge is 0.493 e. The summed E-state index contributed by atoms with van der Waals surface area (Å²) >= 11 is 0. The van der Waals surface area contributed by atoms with E-state index in [0.717, 1.165) is 24.8 Å². The second-order valence-electron chi connectivity index (χ2n) is 6.49. The monoisotopic (exact) mass is 365 g/mol. The molecule has 0 spiro atoms. The van der Waals surface area contributed by atoms with Gasteiger partial charge >= 0.3 is 5.97 Å². The number of carbonyl (C=O) groups excluding carboxylic acids is 1. The summed E-state index contributed by atoms with van der Waals surface area (Å²) in [5.74, 6) is 0.317. The quantitative estimate of drug-likeness (QED) is 0.735. The highest BCUT2D eigenvalue weighted by Gasteiger charge is 2.40. The van der Waals surface area contributed by atoms with E-state index in [2.05, 4.69) is 5.32 Å². The van der Waals surface area contributed by atoms with E-state index in [1.54, 1.807) is 13.2 Å². The third kappa shape index (κ3) is 4.20. The van der Waals surface area contributed by atoms with Crippen molar-refractivity contribution in [1.29, 1.82) is 0 Å². The minimum atomic E-state index is -1.13. The summed E-state index contributed by atoms with van der Waals surface area (Å²) in [6, 6.07) is 3.58. The number of hydrogen-bond donors (Lipinski definition) is 2. The molecule has 2 rings (SSSR count). The van der Waals surface area contributed by atoms with Crippen LogP contribution in [0.25, 0.3) is 0 Å². The molecule has 1 aromatic carbocycles. The molecule has 26 heavy (non-hydrogen) atoms. The summed E-state index contributed by atoms with van der Waals surface area (Å²) in [5, 5.41) is 12.3. The Balaban J connectivity index is 2.08. The van der Waals surface area contributed by atoms with Crippen LogP contribution in [0.2, 0.25) is 0 Å². The Bertz CT molecular complexity index is 652. The van der Waals surface area contributed by atoms with Crippen LogP contribution in [0.4, 0.5) is 0 Å². The number of rotatable bonds is 8. The van der Waals surface area contributed by atoms with Crippen molar-refractivity contribution in [3.63, 3.8) is 0 Å². The first kappa shape index (κ1) is 19.9. The van der Waals surface area contributed by atoms with Crippen LogP contribution in [-0.4, -0.2) is 43.9 Å². The number of aryl methyl sites for hydroxylation is 1. The zero-order valence-electron chi connectivity index (χ0n) is 15.6.